The van der Waals surface area contributed by atoms with Crippen molar-refractivity contribution in [2.24, 2.45) is 0 Å². The summed E-state index contributed by atoms with van der Waals surface area (Å²) in [5.41, 5.74) is 4.63. The lowest BCUT2D eigenvalue weighted by atomic mass is 10.0. The standard InChI is InChI=1S/C18H19F/c1-3-4-15-5-9-17(10-6-15)18-11-7-16(8-12-18)13-14(2)19/h5-13H,3-4H2,1-2H3/b14-13+. The quantitative estimate of drug-likeness (QED) is 0.662. The summed E-state index contributed by atoms with van der Waals surface area (Å²) in [6, 6.07) is 16.6. The fourth-order valence-corrected chi connectivity index (χ4v) is 2.15. The number of aryl methyl sites for hydroxylation is 1. The topological polar surface area (TPSA) is 0 Å². The summed E-state index contributed by atoms with van der Waals surface area (Å²) < 4.78 is 12.8. The van der Waals surface area contributed by atoms with Gasteiger partial charge in [0.15, 0.2) is 0 Å². The molecule has 19 heavy (non-hydrogen) atoms. The SMILES string of the molecule is CCCc1ccc(-c2ccc(/C=C(\C)F)cc2)cc1. The van der Waals surface area contributed by atoms with Crippen LogP contribution in [-0.2, 0) is 6.42 Å². The maximum Gasteiger partial charge on any atom is 0.0974 e. The largest absolute Gasteiger partial charge is 0.212 e. The molecule has 0 aliphatic heterocycles. The van der Waals surface area contributed by atoms with E-state index in [1.54, 1.807) is 0 Å². The van der Waals surface area contributed by atoms with Gasteiger partial charge >= 0.3 is 0 Å². The highest BCUT2D eigenvalue weighted by Gasteiger charge is 1.98. The number of allylic oxidation sites excluding steroid dienone is 1. The van der Waals surface area contributed by atoms with Gasteiger partial charge in [-0.15, -0.1) is 0 Å². The summed E-state index contributed by atoms with van der Waals surface area (Å²) in [7, 11) is 0. The minimum absolute atomic E-state index is 0.170. The van der Waals surface area contributed by atoms with Gasteiger partial charge in [-0.2, -0.15) is 0 Å². The van der Waals surface area contributed by atoms with Crippen LogP contribution in [-0.4, -0.2) is 0 Å². The van der Waals surface area contributed by atoms with Gasteiger partial charge in [-0.1, -0.05) is 61.9 Å². The van der Waals surface area contributed by atoms with E-state index in [0.717, 1.165) is 17.5 Å². The van der Waals surface area contributed by atoms with Crippen LogP contribution >= 0.6 is 0 Å². The Labute approximate surface area is 114 Å². The van der Waals surface area contributed by atoms with Crippen molar-refractivity contribution >= 4 is 6.08 Å². The van der Waals surface area contributed by atoms with Crippen LogP contribution in [0.3, 0.4) is 0 Å². The molecule has 1 heteroatoms. The minimum Gasteiger partial charge on any atom is -0.212 e. The lowest BCUT2D eigenvalue weighted by molar-refractivity contribution is 0.648. The number of hydrogen-bond acceptors (Lipinski definition) is 0. The van der Waals surface area contributed by atoms with E-state index < -0.39 is 0 Å². The van der Waals surface area contributed by atoms with E-state index in [1.807, 2.05) is 24.3 Å². The van der Waals surface area contributed by atoms with Gasteiger partial charge in [-0.05, 0) is 41.7 Å². The molecule has 2 aromatic carbocycles. The molecule has 0 bridgehead atoms. The molecule has 0 aliphatic carbocycles. The lowest BCUT2D eigenvalue weighted by Crippen LogP contribution is -1.84. The summed E-state index contributed by atoms with van der Waals surface area (Å²) in [6.07, 6.45) is 3.83. The fourth-order valence-electron chi connectivity index (χ4n) is 2.15. The van der Waals surface area contributed by atoms with E-state index >= 15 is 0 Å². The zero-order valence-corrected chi connectivity index (χ0v) is 11.5. The molecular weight excluding hydrogens is 235 g/mol. The molecule has 0 aromatic heterocycles. The van der Waals surface area contributed by atoms with Crippen molar-refractivity contribution in [2.75, 3.05) is 0 Å². The van der Waals surface area contributed by atoms with Crippen LogP contribution in [0.4, 0.5) is 4.39 Å². The molecule has 0 heterocycles. The normalized spacial score (nSPS) is 11.6. The predicted molar refractivity (Wildman–Crippen MR) is 80.6 cm³/mol. The first-order valence-corrected chi connectivity index (χ1v) is 6.72. The Bertz CT molecular complexity index is 543. The van der Waals surface area contributed by atoms with E-state index in [2.05, 4.69) is 31.2 Å². The fraction of sp³-hybridized carbons (Fsp3) is 0.222. The minimum atomic E-state index is -0.170. The molecule has 2 rings (SSSR count). The zero-order valence-electron chi connectivity index (χ0n) is 11.5. The molecule has 98 valence electrons. The van der Waals surface area contributed by atoms with Crippen molar-refractivity contribution in [3.05, 3.63) is 65.5 Å². The molecule has 0 saturated heterocycles. The molecule has 0 fully saturated rings. The Kier molecular flexibility index (Phi) is 4.51. The van der Waals surface area contributed by atoms with Gasteiger partial charge < -0.3 is 0 Å². The van der Waals surface area contributed by atoms with Crippen LogP contribution < -0.4 is 0 Å². The van der Waals surface area contributed by atoms with Crippen molar-refractivity contribution in [3.63, 3.8) is 0 Å². The van der Waals surface area contributed by atoms with Gasteiger partial charge in [0.05, 0.1) is 5.83 Å². The second-order valence-corrected chi connectivity index (χ2v) is 4.80. The van der Waals surface area contributed by atoms with Crippen molar-refractivity contribution in [1.82, 2.24) is 0 Å². The average molecular weight is 254 g/mol. The van der Waals surface area contributed by atoms with Crippen molar-refractivity contribution in [3.8, 4) is 11.1 Å². The molecule has 0 saturated carbocycles. The maximum absolute atomic E-state index is 12.8. The van der Waals surface area contributed by atoms with Crippen LogP contribution in [0.15, 0.2) is 54.4 Å². The second-order valence-electron chi connectivity index (χ2n) is 4.80. The van der Waals surface area contributed by atoms with Crippen LogP contribution in [0.25, 0.3) is 17.2 Å². The summed E-state index contributed by atoms with van der Waals surface area (Å²) in [5.74, 6) is -0.170. The smallest absolute Gasteiger partial charge is 0.0974 e. The first-order valence-electron chi connectivity index (χ1n) is 6.72. The van der Waals surface area contributed by atoms with E-state index in [9.17, 15) is 4.39 Å². The molecule has 0 atom stereocenters. The zero-order chi connectivity index (χ0) is 13.7. The van der Waals surface area contributed by atoms with Crippen LogP contribution in [0.2, 0.25) is 0 Å². The monoisotopic (exact) mass is 254 g/mol. The lowest BCUT2D eigenvalue weighted by Gasteiger charge is -2.04. The van der Waals surface area contributed by atoms with Crippen LogP contribution in [0, 0.1) is 0 Å². The second kappa shape index (κ2) is 6.33. The highest BCUT2D eigenvalue weighted by atomic mass is 19.1. The van der Waals surface area contributed by atoms with Gasteiger partial charge in [0.2, 0.25) is 0 Å². The van der Waals surface area contributed by atoms with Crippen molar-refractivity contribution in [1.29, 1.82) is 0 Å². The van der Waals surface area contributed by atoms with E-state index in [0.29, 0.717) is 0 Å². The number of benzene rings is 2. The van der Waals surface area contributed by atoms with Crippen molar-refractivity contribution < 1.29 is 4.39 Å². The van der Waals surface area contributed by atoms with Gasteiger partial charge in [-0.3, -0.25) is 0 Å². The van der Waals surface area contributed by atoms with Gasteiger partial charge in [0.25, 0.3) is 0 Å². The Balaban J connectivity index is 2.19. The highest BCUT2D eigenvalue weighted by Crippen LogP contribution is 2.21. The Morgan fingerprint density at radius 2 is 1.47 bits per heavy atom. The Hall–Kier alpha value is -1.89. The van der Waals surface area contributed by atoms with E-state index in [4.69, 9.17) is 0 Å². The maximum atomic E-state index is 12.8. The molecule has 0 amide bonds. The Morgan fingerprint density at radius 1 is 0.947 bits per heavy atom. The van der Waals surface area contributed by atoms with E-state index in [1.165, 1.54) is 30.5 Å². The average Bonchev–Trinajstić information content (AvgIpc) is 2.40. The van der Waals surface area contributed by atoms with E-state index in [-0.39, 0.29) is 5.83 Å². The molecule has 0 aliphatic rings. The third kappa shape index (κ3) is 3.78. The summed E-state index contributed by atoms with van der Waals surface area (Å²) >= 11 is 0. The van der Waals surface area contributed by atoms with Crippen molar-refractivity contribution in [2.45, 2.75) is 26.7 Å². The molecule has 2 aromatic rings. The van der Waals surface area contributed by atoms with Gasteiger partial charge in [-0.25, -0.2) is 4.39 Å². The number of halogens is 1. The Morgan fingerprint density at radius 3 is 1.95 bits per heavy atom. The molecule has 0 spiro atoms. The highest BCUT2D eigenvalue weighted by molar-refractivity contribution is 5.66. The third-order valence-electron chi connectivity index (χ3n) is 3.10. The number of hydrogen-bond donors (Lipinski definition) is 0. The van der Waals surface area contributed by atoms with Crippen LogP contribution in [0.1, 0.15) is 31.4 Å². The summed E-state index contributed by atoms with van der Waals surface area (Å²) in [4.78, 5) is 0. The molecule has 0 unspecified atom stereocenters. The first-order chi connectivity index (χ1) is 9.19. The van der Waals surface area contributed by atoms with Gasteiger partial charge in [0.1, 0.15) is 0 Å². The van der Waals surface area contributed by atoms with Crippen LogP contribution in [0.5, 0.6) is 0 Å². The summed E-state index contributed by atoms with van der Waals surface area (Å²) in [6.45, 7) is 3.65. The molecule has 0 N–H and O–H groups in total. The molecule has 0 nitrogen and oxygen atoms in total. The third-order valence-corrected chi connectivity index (χ3v) is 3.10. The summed E-state index contributed by atoms with van der Waals surface area (Å²) in [5, 5.41) is 0. The number of rotatable bonds is 4. The molecular formula is C18H19F. The molecule has 0 radical (unpaired) electrons. The first kappa shape index (κ1) is 13.5. The van der Waals surface area contributed by atoms with Gasteiger partial charge in [0, 0.05) is 0 Å². The predicted octanol–water partition coefficient (Wildman–Crippen LogP) is 5.64.